The van der Waals surface area contributed by atoms with Gasteiger partial charge in [-0.15, -0.1) is 0 Å². The van der Waals surface area contributed by atoms with E-state index in [9.17, 15) is 0 Å². The van der Waals surface area contributed by atoms with Crippen LogP contribution in [0.1, 0.15) is 44.9 Å². The van der Waals surface area contributed by atoms with Crippen LogP contribution in [0.15, 0.2) is 30.3 Å². The van der Waals surface area contributed by atoms with Crippen LogP contribution in [-0.2, 0) is 0 Å². The summed E-state index contributed by atoms with van der Waals surface area (Å²) in [5.74, 6) is 0. The van der Waals surface area contributed by atoms with Crippen LogP contribution in [0.2, 0.25) is 0 Å². The number of anilines is 1. The summed E-state index contributed by atoms with van der Waals surface area (Å²) in [7, 11) is 0. The Morgan fingerprint density at radius 1 is 0.765 bits per heavy atom. The summed E-state index contributed by atoms with van der Waals surface area (Å²) in [5, 5.41) is 0. The second kappa shape index (κ2) is 4.72. The molecule has 0 bridgehead atoms. The van der Waals surface area contributed by atoms with E-state index < -0.39 is 0 Å². The van der Waals surface area contributed by atoms with Crippen molar-refractivity contribution in [3.05, 3.63) is 30.3 Å². The summed E-state index contributed by atoms with van der Waals surface area (Å²) in [6.45, 7) is 2.54. The third-order valence-corrected chi connectivity index (χ3v) is 4.86. The molecule has 0 radical (unpaired) electrons. The van der Waals surface area contributed by atoms with Gasteiger partial charge in [-0.25, -0.2) is 0 Å². The lowest BCUT2D eigenvalue weighted by atomic mass is 9.68. The summed E-state index contributed by atoms with van der Waals surface area (Å²) in [4.78, 5) is 2.57. The highest BCUT2D eigenvalue weighted by atomic mass is 15.1. The van der Waals surface area contributed by atoms with Crippen LogP contribution in [0.4, 0.5) is 5.69 Å². The van der Waals surface area contributed by atoms with E-state index in [2.05, 4.69) is 35.2 Å². The Balaban J connectivity index is 1.64. The fraction of sp³-hybridized carbons (Fsp3) is 0.625. The van der Waals surface area contributed by atoms with Gasteiger partial charge in [0.15, 0.2) is 0 Å². The molecule has 0 aromatic heterocycles. The first kappa shape index (κ1) is 11.1. The highest BCUT2D eigenvalue weighted by Gasteiger charge is 2.35. The third kappa shape index (κ3) is 2.34. The number of nitrogens with zero attached hydrogens (tertiary/aromatic N) is 1. The molecule has 0 amide bonds. The van der Waals surface area contributed by atoms with Gasteiger partial charge in [-0.3, -0.25) is 0 Å². The maximum absolute atomic E-state index is 2.57. The van der Waals surface area contributed by atoms with Crippen LogP contribution in [0, 0.1) is 5.41 Å². The van der Waals surface area contributed by atoms with Crippen molar-refractivity contribution in [2.45, 2.75) is 44.9 Å². The van der Waals surface area contributed by atoms with Gasteiger partial charge in [-0.1, -0.05) is 37.5 Å². The Morgan fingerprint density at radius 2 is 1.41 bits per heavy atom. The highest BCUT2D eigenvalue weighted by molar-refractivity contribution is 5.46. The van der Waals surface area contributed by atoms with E-state index in [0.717, 1.165) is 5.41 Å². The van der Waals surface area contributed by atoms with E-state index in [1.807, 2.05) is 0 Å². The van der Waals surface area contributed by atoms with E-state index in [0.29, 0.717) is 0 Å². The summed E-state index contributed by atoms with van der Waals surface area (Å²) >= 11 is 0. The second-order valence-corrected chi connectivity index (χ2v) is 5.88. The molecule has 92 valence electrons. The smallest absolute Gasteiger partial charge is 0.0366 e. The van der Waals surface area contributed by atoms with Crippen molar-refractivity contribution >= 4 is 5.69 Å². The number of para-hydroxylation sites is 1. The Bertz CT molecular complexity index is 341. The van der Waals surface area contributed by atoms with Gasteiger partial charge in [0.25, 0.3) is 0 Å². The summed E-state index contributed by atoms with van der Waals surface area (Å²) in [6, 6.07) is 10.9. The molecule has 1 aliphatic carbocycles. The molecule has 17 heavy (non-hydrogen) atoms. The molecular formula is C16H23N. The summed E-state index contributed by atoms with van der Waals surface area (Å²) < 4.78 is 0. The van der Waals surface area contributed by atoms with Crippen molar-refractivity contribution in [3.63, 3.8) is 0 Å². The molecule has 1 saturated heterocycles. The number of benzene rings is 1. The lowest BCUT2D eigenvalue weighted by Crippen LogP contribution is -2.41. The van der Waals surface area contributed by atoms with Crippen LogP contribution in [0.3, 0.4) is 0 Å². The first-order valence-electron chi connectivity index (χ1n) is 7.18. The van der Waals surface area contributed by atoms with Crippen molar-refractivity contribution in [2.24, 2.45) is 5.41 Å². The number of hydrogen-bond donors (Lipinski definition) is 0. The van der Waals surface area contributed by atoms with Gasteiger partial charge >= 0.3 is 0 Å². The molecule has 0 atom stereocenters. The average Bonchev–Trinajstić information content (AvgIpc) is 2.42. The fourth-order valence-electron chi connectivity index (χ4n) is 3.68. The lowest BCUT2D eigenvalue weighted by Gasteiger charge is -2.45. The van der Waals surface area contributed by atoms with E-state index in [1.54, 1.807) is 0 Å². The summed E-state index contributed by atoms with van der Waals surface area (Å²) in [6.07, 6.45) is 10.3. The zero-order valence-electron chi connectivity index (χ0n) is 10.7. The molecule has 2 aliphatic rings. The van der Waals surface area contributed by atoms with Gasteiger partial charge in [-0.05, 0) is 43.2 Å². The van der Waals surface area contributed by atoms with E-state index in [4.69, 9.17) is 0 Å². The normalized spacial score (nSPS) is 23.9. The molecule has 3 rings (SSSR count). The molecule has 0 N–H and O–H groups in total. The van der Waals surface area contributed by atoms with Crippen LogP contribution >= 0.6 is 0 Å². The number of piperidine rings is 1. The van der Waals surface area contributed by atoms with Crippen molar-refractivity contribution in [1.29, 1.82) is 0 Å². The van der Waals surface area contributed by atoms with Crippen LogP contribution in [0.25, 0.3) is 0 Å². The predicted octanol–water partition coefficient (Wildman–Crippen LogP) is 4.24. The van der Waals surface area contributed by atoms with Gasteiger partial charge in [-0.2, -0.15) is 0 Å². The predicted molar refractivity (Wildman–Crippen MR) is 73.4 cm³/mol. The van der Waals surface area contributed by atoms with E-state index in [-0.39, 0.29) is 0 Å². The monoisotopic (exact) mass is 229 g/mol. The fourth-order valence-corrected chi connectivity index (χ4v) is 3.68. The zero-order chi connectivity index (χ0) is 11.6. The molecule has 1 saturated carbocycles. The SMILES string of the molecule is c1ccc(N2CCC3(CCCCC3)CC2)cc1. The standard InChI is InChI=1S/C16H23N/c1-3-7-15(8-4-1)17-13-11-16(12-14-17)9-5-2-6-10-16/h1,3-4,7-8H,2,5-6,9-14H2. The zero-order valence-corrected chi connectivity index (χ0v) is 10.7. The van der Waals surface area contributed by atoms with Crippen molar-refractivity contribution in [1.82, 2.24) is 0 Å². The Hall–Kier alpha value is -0.980. The topological polar surface area (TPSA) is 3.24 Å². The van der Waals surface area contributed by atoms with Crippen LogP contribution in [0.5, 0.6) is 0 Å². The molecule has 1 heterocycles. The molecule has 1 heteroatoms. The Kier molecular flexibility index (Phi) is 3.09. The van der Waals surface area contributed by atoms with E-state index in [1.165, 1.54) is 63.7 Å². The largest absolute Gasteiger partial charge is 0.371 e. The van der Waals surface area contributed by atoms with Gasteiger partial charge in [0.2, 0.25) is 0 Å². The number of rotatable bonds is 1. The third-order valence-electron chi connectivity index (χ3n) is 4.86. The first-order valence-corrected chi connectivity index (χ1v) is 7.18. The second-order valence-electron chi connectivity index (χ2n) is 5.88. The van der Waals surface area contributed by atoms with Gasteiger partial charge in [0.05, 0.1) is 0 Å². The van der Waals surface area contributed by atoms with E-state index >= 15 is 0 Å². The highest BCUT2D eigenvalue weighted by Crippen LogP contribution is 2.44. The number of hydrogen-bond acceptors (Lipinski definition) is 1. The van der Waals surface area contributed by atoms with Gasteiger partial charge in [0.1, 0.15) is 0 Å². The molecule has 1 spiro atoms. The minimum absolute atomic E-state index is 0.726. The molecule has 1 aromatic rings. The molecule has 2 fully saturated rings. The van der Waals surface area contributed by atoms with Crippen molar-refractivity contribution < 1.29 is 0 Å². The van der Waals surface area contributed by atoms with Gasteiger partial charge in [0, 0.05) is 18.8 Å². The molecule has 1 aliphatic heterocycles. The maximum atomic E-state index is 2.57. The molecule has 1 aromatic carbocycles. The maximum Gasteiger partial charge on any atom is 0.0366 e. The minimum atomic E-state index is 0.726. The average molecular weight is 229 g/mol. The molecule has 1 nitrogen and oxygen atoms in total. The van der Waals surface area contributed by atoms with Crippen LogP contribution in [-0.4, -0.2) is 13.1 Å². The van der Waals surface area contributed by atoms with Gasteiger partial charge < -0.3 is 4.90 Å². The van der Waals surface area contributed by atoms with Crippen LogP contribution < -0.4 is 4.90 Å². The molecular weight excluding hydrogens is 206 g/mol. The molecule has 0 unspecified atom stereocenters. The van der Waals surface area contributed by atoms with Crippen molar-refractivity contribution in [2.75, 3.05) is 18.0 Å². The Labute approximate surface area is 105 Å². The minimum Gasteiger partial charge on any atom is -0.371 e. The Morgan fingerprint density at radius 3 is 2.06 bits per heavy atom. The quantitative estimate of drug-likeness (QED) is 0.696. The lowest BCUT2D eigenvalue weighted by molar-refractivity contribution is 0.144. The summed E-state index contributed by atoms with van der Waals surface area (Å²) in [5.41, 5.74) is 2.14. The van der Waals surface area contributed by atoms with Crippen molar-refractivity contribution in [3.8, 4) is 0 Å². The first-order chi connectivity index (χ1) is 8.38.